The number of aromatic nitrogens is 2. The second kappa shape index (κ2) is 8.29. The molecule has 0 bridgehead atoms. The minimum Gasteiger partial charge on any atom is -0.325 e. The molecule has 24 heavy (non-hydrogen) atoms. The fourth-order valence-corrected chi connectivity index (χ4v) is 3.00. The number of anilines is 1. The van der Waals surface area contributed by atoms with Gasteiger partial charge in [0.25, 0.3) is 0 Å². The molecule has 1 atom stereocenters. The lowest BCUT2D eigenvalue weighted by Crippen LogP contribution is -2.14. The van der Waals surface area contributed by atoms with Crippen LogP contribution in [0.2, 0.25) is 0 Å². The summed E-state index contributed by atoms with van der Waals surface area (Å²) in [6.07, 6.45) is 1.11. The number of aryl methyl sites for hydroxylation is 2. The van der Waals surface area contributed by atoms with Crippen LogP contribution in [0.4, 0.5) is 5.69 Å². The molecule has 0 spiro atoms. The number of carbonyl (C=O) groups is 1. The molecule has 0 fully saturated rings. The standard InChI is InChI=1S/C19H25N3OS/c1-6-12(2)16-7-9-17(10-8-16)22-18(23)11-24-19-20-14(4)13(3)15(5)21-19/h7-10,12H,6,11H2,1-5H3,(H,22,23)/t12-/m0/s1. The molecule has 128 valence electrons. The van der Waals surface area contributed by atoms with E-state index >= 15 is 0 Å². The van der Waals surface area contributed by atoms with E-state index in [4.69, 9.17) is 0 Å². The van der Waals surface area contributed by atoms with Crippen LogP contribution in [0.5, 0.6) is 0 Å². The Kier molecular flexibility index (Phi) is 6.37. The van der Waals surface area contributed by atoms with Crippen LogP contribution >= 0.6 is 11.8 Å². The van der Waals surface area contributed by atoms with Crippen LogP contribution in [0, 0.1) is 20.8 Å². The van der Waals surface area contributed by atoms with E-state index in [0.29, 0.717) is 16.8 Å². The van der Waals surface area contributed by atoms with E-state index < -0.39 is 0 Å². The summed E-state index contributed by atoms with van der Waals surface area (Å²) in [6, 6.07) is 8.07. The van der Waals surface area contributed by atoms with Crippen LogP contribution in [-0.4, -0.2) is 21.6 Å². The highest BCUT2D eigenvalue weighted by Gasteiger charge is 2.09. The van der Waals surface area contributed by atoms with Gasteiger partial charge in [-0.1, -0.05) is 37.7 Å². The van der Waals surface area contributed by atoms with Crippen molar-refractivity contribution in [3.8, 4) is 0 Å². The van der Waals surface area contributed by atoms with Crippen LogP contribution in [0.25, 0.3) is 0 Å². The van der Waals surface area contributed by atoms with Gasteiger partial charge in [-0.05, 0) is 56.4 Å². The van der Waals surface area contributed by atoms with Gasteiger partial charge in [-0.3, -0.25) is 4.79 Å². The Morgan fingerprint density at radius 3 is 2.25 bits per heavy atom. The number of hydrogen-bond acceptors (Lipinski definition) is 4. The van der Waals surface area contributed by atoms with Crippen LogP contribution in [-0.2, 0) is 4.79 Å². The molecule has 1 aromatic carbocycles. The number of amides is 1. The van der Waals surface area contributed by atoms with Crippen molar-refractivity contribution >= 4 is 23.4 Å². The van der Waals surface area contributed by atoms with Crippen molar-refractivity contribution in [2.75, 3.05) is 11.1 Å². The summed E-state index contributed by atoms with van der Waals surface area (Å²) >= 11 is 1.36. The van der Waals surface area contributed by atoms with Gasteiger partial charge in [-0.25, -0.2) is 9.97 Å². The van der Waals surface area contributed by atoms with Gasteiger partial charge in [0.05, 0.1) is 5.75 Å². The molecule has 1 amide bonds. The van der Waals surface area contributed by atoms with E-state index in [2.05, 4.69) is 41.3 Å². The molecule has 0 aliphatic heterocycles. The molecule has 1 heterocycles. The van der Waals surface area contributed by atoms with Crippen molar-refractivity contribution in [3.63, 3.8) is 0 Å². The predicted octanol–water partition coefficient (Wildman–Crippen LogP) is 4.65. The van der Waals surface area contributed by atoms with Crippen molar-refractivity contribution in [3.05, 3.63) is 46.8 Å². The normalized spacial score (nSPS) is 12.0. The summed E-state index contributed by atoms with van der Waals surface area (Å²) in [6.45, 7) is 10.3. The minimum atomic E-state index is -0.0456. The van der Waals surface area contributed by atoms with E-state index in [1.165, 1.54) is 17.3 Å². The maximum Gasteiger partial charge on any atom is 0.234 e. The van der Waals surface area contributed by atoms with Gasteiger partial charge >= 0.3 is 0 Å². The first-order valence-corrected chi connectivity index (χ1v) is 9.23. The van der Waals surface area contributed by atoms with E-state index in [9.17, 15) is 4.79 Å². The van der Waals surface area contributed by atoms with Crippen molar-refractivity contribution in [2.45, 2.75) is 52.1 Å². The van der Waals surface area contributed by atoms with E-state index in [1.807, 2.05) is 32.9 Å². The van der Waals surface area contributed by atoms with Gasteiger partial charge in [0.1, 0.15) is 0 Å². The van der Waals surface area contributed by atoms with Gasteiger partial charge in [-0.2, -0.15) is 0 Å². The molecule has 1 aromatic heterocycles. The Morgan fingerprint density at radius 1 is 1.12 bits per heavy atom. The lowest BCUT2D eigenvalue weighted by molar-refractivity contribution is -0.113. The third-order valence-electron chi connectivity index (χ3n) is 4.32. The summed E-state index contributed by atoms with van der Waals surface area (Å²) < 4.78 is 0. The second-order valence-electron chi connectivity index (χ2n) is 6.07. The summed E-state index contributed by atoms with van der Waals surface area (Å²) in [7, 11) is 0. The number of carbonyl (C=O) groups excluding carboxylic acids is 1. The van der Waals surface area contributed by atoms with E-state index in [1.54, 1.807) is 0 Å². The van der Waals surface area contributed by atoms with Crippen LogP contribution in [0.3, 0.4) is 0 Å². The Morgan fingerprint density at radius 2 is 1.71 bits per heavy atom. The quantitative estimate of drug-likeness (QED) is 0.613. The largest absolute Gasteiger partial charge is 0.325 e. The highest BCUT2D eigenvalue weighted by Crippen LogP contribution is 2.21. The Balaban J connectivity index is 1.91. The predicted molar refractivity (Wildman–Crippen MR) is 101 cm³/mol. The number of nitrogens with zero attached hydrogens (tertiary/aromatic N) is 2. The Hall–Kier alpha value is -1.88. The minimum absolute atomic E-state index is 0.0456. The zero-order valence-corrected chi connectivity index (χ0v) is 15.8. The van der Waals surface area contributed by atoms with Gasteiger partial charge in [0, 0.05) is 17.1 Å². The van der Waals surface area contributed by atoms with E-state index in [0.717, 1.165) is 29.1 Å². The number of thioether (sulfide) groups is 1. The molecular formula is C19H25N3OS. The first-order valence-electron chi connectivity index (χ1n) is 8.25. The molecule has 5 heteroatoms. The molecular weight excluding hydrogens is 318 g/mol. The first-order chi connectivity index (χ1) is 11.4. The molecule has 4 nitrogen and oxygen atoms in total. The summed E-state index contributed by atoms with van der Waals surface area (Å²) in [5.41, 5.74) is 5.15. The molecule has 0 saturated carbocycles. The molecule has 0 radical (unpaired) electrons. The Bertz CT molecular complexity index is 690. The van der Waals surface area contributed by atoms with Crippen molar-refractivity contribution in [1.29, 1.82) is 0 Å². The highest BCUT2D eigenvalue weighted by atomic mass is 32.2. The van der Waals surface area contributed by atoms with Crippen molar-refractivity contribution in [2.24, 2.45) is 0 Å². The van der Waals surface area contributed by atoms with Gasteiger partial charge in [0.2, 0.25) is 5.91 Å². The maximum atomic E-state index is 12.1. The monoisotopic (exact) mass is 343 g/mol. The smallest absolute Gasteiger partial charge is 0.234 e. The summed E-state index contributed by atoms with van der Waals surface area (Å²) in [4.78, 5) is 21.0. The van der Waals surface area contributed by atoms with Crippen molar-refractivity contribution in [1.82, 2.24) is 9.97 Å². The zero-order chi connectivity index (χ0) is 17.7. The first kappa shape index (κ1) is 18.5. The number of hydrogen-bond donors (Lipinski definition) is 1. The molecule has 0 aliphatic carbocycles. The molecule has 2 aromatic rings. The third kappa shape index (κ3) is 4.81. The summed E-state index contributed by atoms with van der Waals surface area (Å²) in [5.74, 6) is 0.793. The SMILES string of the molecule is CC[C@H](C)c1ccc(NC(=O)CSc2nc(C)c(C)c(C)n2)cc1. The van der Waals surface area contributed by atoms with Crippen LogP contribution in [0.15, 0.2) is 29.4 Å². The van der Waals surface area contributed by atoms with E-state index in [-0.39, 0.29) is 5.91 Å². The molecule has 0 saturated heterocycles. The summed E-state index contributed by atoms with van der Waals surface area (Å²) in [5, 5.41) is 3.57. The van der Waals surface area contributed by atoms with Crippen LogP contribution < -0.4 is 5.32 Å². The molecule has 0 aliphatic rings. The number of benzene rings is 1. The average Bonchev–Trinajstić information content (AvgIpc) is 2.57. The molecule has 2 rings (SSSR count). The maximum absolute atomic E-state index is 12.1. The number of rotatable bonds is 6. The third-order valence-corrected chi connectivity index (χ3v) is 5.17. The lowest BCUT2D eigenvalue weighted by atomic mass is 9.99. The van der Waals surface area contributed by atoms with Gasteiger partial charge < -0.3 is 5.32 Å². The molecule has 0 unspecified atom stereocenters. The fraction of sp³-hybridized carbons (Fsp3) is 0.421. The lowest BCUT2D eigenvalue weighted by Gasteiger charge is -2.10. The highest BCUT2D eigenvalue weighted by molar-refractivity contribution is 7.99. The van der Waals surface area contributed by atoms with Crippen molar-refractivity contribution < 1.29 is 4.79 Å². The molecule has 1 N–H and O–H groups in total. The fourth-order valence-electron chi connectivity index (χ4n) is 2.26. The van der Waals surface area contributed by atoms with Crippen LogP contribution in [0.1, 0.15) is 48.7 Å². The van der Waals surface area contributed by atoms with Gasteiger partial charge in [0.15, 0.2) is 5.16 Å². The number of nitrogens with one attached hydrogen (secondary N) is 1. The topological polar surface area (TPSA) is 54.9 Å². The zero-order valence-electron chi connectivity index (χ0n) is 15.0. The second-order valence-corrected chi connectivity index (χ2v) is 7.01. The van der Waals surface area contributed by atoms with Gasteiger partial charge in [-0.15, -0.1) is 0 Å². The Labute approximate surface area is 148 Å². The average molecular weight is 343 g/mol.